The van der Waals surface area contributed by atoms with E-state index in [1.807, 2.05) is 29.2 Å². The summed E-state index contributed by atoms with van der Waals surface area (Å²) in [6, 6.07) is 7.44. The lowest BCUT2D eigenvalue weighted by Crippen LogP contribution is -2.37. The Labute approximate surface area is 152 Å². The van der Waals surface area contributed by atoms with Crippen LogP contribution in [0.25, 0.3) is 0 Å². The van der Waals surface area contributed by atoms with Gasteiger partial charge in [-0.25, -0.2) is 0 Å². The van der Waals surface area contributed by atoms with Crippen molar-refractivity contribution in [2.45, 2.75) is 40.2 Å². The summed E-state index contributed by atoms with van der Waals surface area (Å²) in [4.78, 5) is 25.2. The van der Waals surface area contributed by atoms with E-state index in [9.17, 15) is 14.9 Å². The Morgan fingerprint density at radius 3 is 2.38 bits per heavy atom. The maximum atomic E-state index is 12.6. The zero-order valence-electron chi connectivity index (χ0n) is 15.4. The zero-order chi connectivity index (χ0) is 18.8. The van der Waals surface area contributed by atoms with Crippen LogP contribution in [-0.2, 0) is 6.54 Å². The van der Waals surface area contributed by atoms with Gasteiger partial charge in [0, 0.05) is 18.7 Å². The Morgan fingerprint density at radius 2 is 1.85 bits per heavy atom. The van der Waals surface area contributed by atoms with E-state index < -0.39 is 4.92 Å². The maximum Gasteiger partial charge on any atom is 0.312 e. The lowest BCUT2D eigenvalue weighted by Gasteiger charge is -2.30. The molecule has 0 radical (unpaired) electrons. The zero-order valence-corrected chi connectivity index (χ0v) is 15.4. The summed E-state index contributed by atoms with van der Waals surface area (Å²) >= 11 is 0. The SMILES string of the molecule is Cc1nn(Cc2ccc(C(=O)N3CCC(C)CC3)cc2)c(C)c1[N+](=O)[O-]. The average Bonchev–Trinajstić information content (AvgIpc) is 2.89. The number of amides is 1. The highest BCUT2D eigenvalue weighted by Gasteiger charge is 2.23. The van der Waals surface area contributed by atoms with Crippen molar-refractivity contribution in [3.05, 3.63) is 56.9 Å². The van der Waals surface area contributed by atoms with Gasteiger partial charge in [-0.3, -0.25) is 19.6 Å². The number of nitro groups is 1. The molecule has 0 spiro atoms. The molecule has 0 aliphatic carbocycles. The monoisotopic (exact) mass is 356 g/mol. The number of benzene rings is 1. The van der Waals surface area contributed by atoms with Gasteiger partial charge in [0.1, 0.15) is 11.4 Å². The molecule has 1 fully saturated rings. The van der Waals surface area contributed by atoms with E-state index >= 15 is 0 Å². The lowest BCUT2D eigenvalue weighted by molar-refractivity contribution is -0.386. The number of nitrogens with zero attached hydrogens (tertiary/aromatic N) is 4. The molecule has 7 nitrogen and oxygen atoms in total. The van der Waals surface area contributed by atoms with Crippen molar-refractivity contribution in [2.24, 2.45) is 5.92 Å². The Bertz CT molecular complexity index is 818. The summed E-state index contributed by atoms with van der Waals surface area (Å²) in [5.41, 5.74) is 2.65. The third-order valence-corrected chi connectivity index (χ3v) is 5.13. The Morgan fingerprint density at radius 1 is 1.23 bits per heavy atom. The molecule has 1 aliphatic rings. The summed E-state index contributed by atoms with van der Waals surface area (Å²) < 4.78 is 1.64. The van der Waals surface area contributed by atoms with Gasteiger partial charge in [-0.05, 0) is 50.3 Å². The number of hydrogen-bond acceptors (Lipinski definition) is 4. The third kappa shape index (κ3) is 3.61. The average molecular weight is 356 g/mol. The number of aryl methyl sites for hydroxylation is 1. The third-order valence-electron chi connectivity index (χ3n) is 5.13. The molecule has 26 heavy (non-hydrogen) atoms. The minimum Gasteiger partial charge on any atom is -0.339 e. The van der Waals surface area contributed by atoms with Crippen molar-refractivity contribution in [3.8, 4) is 0 Å². The summed E-state index contributed by atoms with van der Waals surface area (Å²) in [6.45, 7) is 7.64. The number of carbonyl (C=O) groups excluding carboxylic acids is 1. The second-order valence-corrected chi connectivity index (χ2v) is 7.11. The van der Waals surface area contributed by atoms with Crippen LogP contribution in [0.4, 0.5) is 5.69 Å². The van der Waals surface area contributed by atoms with Crippen molar-refractivity contribution >= 4 is 11.6 Å². The minimum atomic E-state index is -0.393. The van der Waals surface area contributed by atoms with Gasteiger partial charge >= 0.3 is 5.69 Å². The molecule has 0 unspecified atom stereocenters. The Balaban J connectivity index is 1.71. The Kier molecular flexibility index (Phi) is 5.06. The highest BCUT2D eigenvalue weighted by atomic mass is 16.6. The van der Waals surface area contributed by atoms with Crippen molar-refractivity contribution in [1.82, 2.24) is 14.7 Å². The predicted molar refractivity (Wildman–Crippen MR) is 98.2 cm³/mol. The number of likely N-dealkylation sites (tertiary alicyclic amines) is 1. The minimum absolute atomic E-state index is 0.0659. The fourth-order valence-corrected chi connectivity index (χ4v) is 3.43. The highest BCUT2D eigenvalue weighted by molar-refractivity contribution is 5.94. The van der Waals surface area contributed by atoms with Gasteiger partial charge in [-0.15, -0.1) is 0 Å². The summed E-state index contributed by atoms with van der Waals surface area (Å²) in [5, 5.41) is 15.4. The van der Waals surface area contributed by atoms with Gasteiger partial charge in [0.05, 0.1) is 11.5 Å². The molecule has 2 heterocycles. The van der Waals surface area contributed by atoms with Gasteiger partial charge in [-0.2, -0.15) is 5.10 Å². The molecule has 0 saturated carbocycles. The van der Waals surface area contributed by atoms with Crippen LogP contribution in [0.15, 0.2) is 24.3 Å². The van der Waals surface area contributed by atoms with Crippen molar-refractivity contribution < 1.29 is 9.72 Å². The molecular formula is C19H24N4O3. The van der Waals surface area contributed by atoms with Crippen LogP contribution in [0.5, 0.6) is 0 Å². The van der Waals surface area contributed by atoms with Gasteiger partial charge in [0.15, 0.2) is 0 Å². The van der Waals surface area contributed by atoms with Crippen molar-refractivity contribution in [1.29, 1.82) is 0 Å². The topological polar surface area (TPSA) is 81.3 Å². The van der Waals surface area contributed by atoms with Crippen LogP contribution in [0.2, 0.25) is 0 Å². The molecule has 1 amide bonds. The molecule has 138 valence electrons. The number of rotatable bonds is 4. The first-order valence-corrected chi connectivity index (χ1v) is 8.93. The standard InChI is InChI=1S/C19H24N4O3/c1-13-8-10-21(11-9-13)19(24)17-6-4-16(5-7-17)12-22-15(3)18(23(25)26)14(2)20-22/h4-7,13H,8-12H2,1-3H3. The van der Waals surface area contributed by atoms with Crippen LogP contribution >= 0.6 is 0 Å². The highest BCUT2D eigenvalue weighted by Crippen LogP contribution is 2.23. The van der Waals surface area contributed by atoms with E-state index in [1.54, 1.807) is 18.5 Å². The predicted octanol–water partition coefficient (Wildman–Crippen LogP) is 3.33. The largest absolute Gasteiger partial charge is 0.339 e. The van der Waals surface area contributed by atoms with Crippen LogP contribution in [0.1, 0.15) is 47.1 Å². The first-order valence-electron chi connectivity index (χ1n) is 8.93. The van der Waals surface area contributed by atoms with E-state index in [0.717, 1.165) is 31.5 Å². The first-order chi connectivity index (χ1) is 12.4. The summed E-state index contributed by atoms with van der Waals surface area (Å²) in [5.74, 6) is 0.761. The number of aromatic nitrogens is 2. The smallest absolute Gasteiger partial charge is 0.312 e. The van der Waals surface area contributed by atoms with E-state index in [-0.39, 0.29) is 11.6 Å². The molecule has 0 N–H and O–H groups in total. The van der Waals surface area contributed by atoms with E-state index in [0.29, 0.717) is 29.4 Å². The molecule has 1 aromatic heterocycles. The van der Waals surface area contributed by atoms with Gasteiger partial charge in [-0.1, -0.05) is 19.1 Å². The van der Waals surface area contributed by atoms with E-state index in [1.165, 1.54) is 0 Å². The fraction of sp³-hybridized carbons (Fsp3) is 0.474. The second-order valence-electron chi connectivity index (χ2n) is 7.11. The van der Waals surface area contributed by atoms with E-state index in [2.05, 4.69) is 12.0 Å². The van der Waals surface area contributed by atoms with Crippen LogP contribution < -0.4 is 0 Å². The van der Waals surface area contributed by atoms with Crippen LogP contribution in [0.3, 0.4) is 0 Å². The molecule has 0 atom stereocenters. The quantitative estimate of drug-likeness (QED) is 0.621. The summed E-state index contributed by atoms with van der Waals surface area (Å²) in [6.07, 6.45) is 2.11. The maximum absolute atomic E-state index is 12.6. The molecule has 7 heteroatoms. The lowest BCUT2D eigenvalue weighted by atomic mass is 9.98. The van der Waals surface area contributed by atoms with Crippen LogP contribution in [-0.4, -0.2) is 38.6 Å². The van der Waals surface area contributed by atoms with Crippen LogP contribution in [0, 0.1) is 29.9 Å². The molecule has 1 aromatic carbocycles. The number of piperidine rings is 1. The number of hydrogen-bond donors (Lipinski definition) is 0. The molecule has 3 rings (SSSR count). The van der Waals surface area contributed by atoms with Crippen molar-refractivity contribution in [3.63, 3.8) is 0 Å². The molecule has 1 aliphatic heterocycles. The van der Waals surface area contributed by atoms with Crippen molar-refractivity contribution in [2.75, 3.05) is 13.1 Å². The van der Waals surface area contributed by atoms with Gasteiger partial charge in [0.25, 0.3) is 5.91 Å². The summed E-state index contributed by atoms with van der Waals surface area (Å²) in [7, 11) is 0. The fourth-order valence-electron chi connectivity index (χ4n) is 3.43. The first kappa shape index (κ1) is 18.1. The molecule has 0 bridgehead atoms. The molecule has 1 saturated heterocycles. The second kappa shape index (κ2) is 7.27. The Hall–Kier alpha value is -2.70. The number of carbonyl (C=O) groups is 1. The molecular weight excluding hydrogens is 332 g/mol. The van der Waals surface area contributed by atoms with Gasteiger partial charge in [0.2, 0.25) is 0 Å². The van der Waals surface area contributed by atoms with E-state index in [4.69, 9.17) is 0 Å². The normalized spacial score (nSPS) is 15.3. The van der Waals surface area contributed by atoms with Gasteiger partial charge < -0.3 is 4.90 Å². The molecule has 2 aromatic rings.